The van der Waals surface area contributed by atoms with E-state index in [9.17, 15) is 10.5 Å². The molecule has 0 atom stereocenters. The fourth-order valence-corrected chi connectivity index (χ4v) is 7.46. The van der Waals surface area contributed by atoms with Gasteiger partial charge in [0, 0.05) is 38.7 Å². The van der Waals surface area contributed by atoms with Crippen molar-refractivity contribution >= 4 is 38.8 Å². The zero-order valence-corrected chi connectivity index (χ0v) is 26.1. The lowest BCUT2D eigenvalue weighted by molar-refractivity contribution is 0.889. The number of aromatic nitrogens is 2. The van der Waals surface area contributed by atoms with Gasteiger partial charge in [0.1, 0.15) is 0 Å². The van der Waals surface area contributed by atoms with Crippen molar-refractivity contribution < 1.29 is 0 Å². The van der Waals surface area contributed by atoms with Gasteiger partial charge in [-0.3, -0.25) is 0 Å². The molecule has 224 valence electrons. The molecule has 48 heavy (non-hydrogen) atoms. The third-order valence-electron chi connectivity index (χ3n) is 9.65. The van der Waals surface area contributed by atoms with E-state index in [4.69, 9.17) is 0 Å². The van der Waals surface area contributed by atoms with Crippen LogP contribution in [0.5, 0.6) is 0 Å². The van der Waals surface area contributed by atoms with E-state index >= 15 is 0 Å². The van der Waals surface area contributed by atoms with Crippen molar-refractivity contribution in [1.82, 2.24) is 9.13 Å². The molecular weight excluding hydrogens is 585 g/mol. The number of para-hydroxylation sites is 2. The lowest BCUT2D eigenvalue weighted by Gasteiger charge is -2.16. The van der Waals surface area contributed by atoms with Crippen molar-refractivity contribution in [3.05, 3.63) is 162 Å². The van der Waals surface area contributed by atoms with Crippen molar-refractivity contribution in [2.45, 2.75) is 12.8 Å². The maximum Gasteiger partial charge on any atom is 0.0992 e. The largest absolute Gasteiger partial charge is 0.313 e. The molecule has 8 aromatic rings. The van der Waals surface area contributed by atoms with Gasteiger partial charge in [0.05, 0.1) is 45.5 Å². The van der Waals surface area contributed by atoms with Crippen molar-refractivity contribution in [3.63, 3.8) is 0 Å². The molecular formula is C44H28N4. The van der Waals surface area contributed by atoms with Crippen LogP contribution in [0.3, 0.4) is 0 Å². The lowest BCUT2D eigenvalue weighted by atomic mass is 9.97. The topological polar surface area (TPSA) is 57.4 Å². The highest BCUT2D eigenvalue weighted by molar-refractivity contribution is 6.10. The Balaban J connectivity index is 1.17. The maximum atomic E-state index is 9.88. The van der Waals surface area contributed by atoms with E-state index in [2.05, 4.69) is 118 Å². The molecule has 0 fully saturated rings. The molecule has 0 saturated heterocycles. The van der Waals surface area contributed by atoms with E-state index in [1.165, 1.54) is 22.2 Å². The molecule has 6 aromatic carbocycles. The highest BCUT2D eigenvalue weighted by Gasteiger charge is 2.19. The van der Waals surface area contributed by atoms with Crippen LogP contribution in [0.2, 0.25) is 0 Å². The van der Waals surface area contributed by atoms with Gasteiger partial charge in [0.25, 0.3) is 0 Å². The van der Waals surface area contributed by atoms with Crippen molar-refractivity contribution in [3.8, 4) is 45.8 Å². The Labute approximate surface area is 278 Å². The van der Waals surface area contributed by atoms with Crippen molar-refractivity contribution in [2.75, 3.05) is 0 Å². The molecule has 0 unspecified atom stereocenters. The van der Waals surface area contributed by atoms with Crippen LogP contribution in [0.1, 0.15) is 28.8 Å². The molecule has 0 radical (unpaired) electrons. The summed E-state index contributed by atoms with van der Waals surface area (Å²) in [7, 11) is 0. The van der Waals surface area contributed by atoms with Crippen LogP contribution >= 0.6 is 0 Å². The molecule has 0 spiro atoms. The van der Waals surface area contributed by atoms with Gasteiger partial charge in [-0.1, -0.05) is 91.0 Å². The van der Waals surface area contributed by atoms with Crippen LogP contribution in [-0.2, 0) is 6.42 Å². The Morgan fingerprint density at radius 3 is 2.02 bits per heavy atom. The molecule has 9 rings (SSSR count). The summed E-state index contributed by atoms with van der Waals surface area (Å²) in [6.07, 6.45) is 6.62. The molecule has 0 bridgehead atoms. The van der Waals surface area contributed by atoms with E-state index in [1.807, 2.05) is 48.5 Å². The average molecular weight is 613 g/mol. The summed E-state index contributed by atoms with van der Waals surface area (Å²) < 4.78 is 4.64. The second-order valence-corrected chi connectivity index (χ2v) is 12.3. The number of nitriles is 2. The van der Waals surface area contributed by atoms with E-state index in [0.29, 0.717) is 11.1 Å². The van der Waals surface area contributed by atoms with E-state index < -0.39 is 0 Å². The summed E-state index contributed by atoms with van der Waals surface area (Å²) in [5.41, 5.74) is 13.5. The van der Waals surface area contributed by atoms with Crippen molar-refractivity contribution in [2.24, 2.45) is 0 Å². The highest BCUT2D eigenvalue weighted by atomic mass is 15.0. The third kappa shape index (κ3) is 4.28. The zero-order valence-electron chi connectivity index (χ0n) is 26.1. The second-order valence-electron chi connectivity index (χ2n) is 12.3. The minimum absolute atomic E-state index is 0.598. The Morgan fingerprint density at radius 2 is 1.21 bits per heavy atom. The first-order valence-corrected chi connectivity index (χ1v) is 16.2. The van der Waals surface area contributed by atoms with Gasteiger partial charge in [-0.2, -0.15) is 10.5 Å². The lowest BCUT2D eigenvalue weighted by Crippen LogP contribution is -2.03. The monoisotopic (exact) mass is 612 g/mol. The fourth-order valence-electron chi connectivity index (χ4n) is 7.46. The number of allylic oxidation sites excluding steroid dienone is 1. The summed E-state index contributed by atoms with van der Waals surface area (Å²) in [6, 6.07) is 50.8. The summed E-state index contributed by atoms with van der Waals surface area (Å²) in [5.74, 6) is 0. The highest BCUT2D eigenvalue weighted by Crippen LogP contribution is 2.38. The minimum Gasteiger partial charge on any atom is -0.313 e. The zero-order chi connectivity index (χ0) is 32.2. The minimum atomic E-state index is 0.598. The molecule has 1 aliphatic rings. The molecule has 2 heterocycles. The molecule has 0 saturated carbocycles. The Kier molecular flexibility index (Phi) is 6.35. The first kappa shape index (κ1) is 27.7. The second kappa shape index (κ2) is 11.0. The number of nitrogens with zero attached hydrogens (tertiary/aromatic N) is 4. The van der Waals surface area contributed by atoms with Crippen LogP contribution in [0, 0.1) is 22.7 Å². The third-order valence-corrected chi connectivity index (χ3v) is 9.65. The molecule has 0 amide bonds. The first-order chi connectivity index (χ1) is 23.7. The summed E-state index contributed by atoms with van der Waals surface area (Å²) in [4.78, 5) is 0. The SMILES string of the molecule is N#Cc1ccc(-n2c3ccccc3c3ccc(C#N)cc32)c(-c2ccc(-c3cccc(-n4c5c(c6ccccc64)C=CCC5)c3)cc2)c1. The normalized spacial score (nSPS) is 12.3. The molecule has 0 aliphatic heterocycles. The average Bonchev–Trinajstić information content (AvgIpc) is 3.67. The summed E-state index contributed by atoms with van der Waals surface area (Å²) >= 11 is 0. The molecule has 1 aliphatic carbocycles. The van der Waals surface area contributed by atoms with Gasteiger partial charge >= 0.3 is 0 Å². The Bertz CT molecular complexity index is 2690. The number of hydrogen-bond donors (Lipinski definition) is 0. The van der Waals surface area contributed by atoms with E-state index in [-0.39, 0.29) is 0 Å². The van der Waals surface area contributed by atoms with Crippen LogP contribution in [-0.4, -0.2) is 9.13 Å². The van der Waals surface area contributed by atoms with E-state index in [0.717, 1.165) is 68.3 Å². The van der Waals surface area contributed by atoms with Crippen LogP contribution < -0.4 is 0 Å². The first-order valence-electron chi connectivity index (χ1n) is 16.2. The summed E-state index contributed by atoms with van der Waals surface area (Å²) in [6.45, 7) is 0. The van der Waals surface area contributed by atoms with Crippen LogP contribution in [0.4, 0.5) is 0 Å². The predicted octanol–water partition coefficient (Wildman–Crippen LogP) is 10.8. The Hall–Kier alpha value is -6.62. The van der Waals surface area contributed by atoms with Gasteiger partial charge < -0.3 is 9.13 Å². The number of fused-ring (bicyclic) bond motifs is 6. The van der Waals surface area contributed by atoms with Gasteiger partial charge in [0.15, 0.2) is 0 Å². The van der Waals surface area contributed by atoms with Gasteiger partial charge in [-0.15, -0.1) is 0 Å². The maximum absolute atomic E-state index is 9.88. The molecule has 4 nitrogen and oxygen atoms in total. The van der Waals surface area contributed by atoms with E-state index in [1.54, 1.807) is 0 Å². The quantitative estimate of drug-likeness (QED) is 0.199. The number of rotatable bonds is 4. The van der Waals surface area contributed by atoms with Crippen molar-refractivity contribution in [1.29, 1.82) is 10.5 Å². The molecule has 0 N–H and O–H groups in total. The molecule has 4 heteroatoms. The number of hydrogen-bond acceptors (Lipinski definition) is 2. The smallest absolute Gasteiger partial charge is 0.0992 e. The number of benzene rings is 6. The van der Waals surface area contributed by atoms with Gasteiger partial charge in [-0.05, 0) is 84.1 Å². The van der Waals surface area contributed by atoms with Gasteiger partial charge in [0.2, 0.25) is 0 Å². The summed E-state index contributed by atoms with van der Waals surface area (Å²) in [5, 5.41) is 23.1. The fraction of sp³-hybridized carbons (Fsp3) is 0.0455. The van der Waals surface area contributed by atoms with Crippen LogP contribution in [0.15, 0.2) is 140 Å². The Morgan fingerprint density at radius 1 is 0.521 bits per heavy atom. The predicted molar refractivity (Wildman–Crippen MR) is 195 cm³/mol. The van der Waals surface area contributed by atoms with Crippen LogP contribution in [0.25, 0.3) is 72.4 Å². The van der Waals surface area contributed by atoms with Gasteiger partial charge in [-0.25, -0.2) is 0 Å². The molecule has 2 aromatic heterocycles. The standard InChI is InChI=1S/C44H28N4/c45-27-29-17-23-43(48-42-15-6-3-12-37(42)38-22-16-30(28-46)25-44(38)48)39(24-29)32-20-18-31(19-21-32)33-8-7-9-34(26-33)47-40-13-4-1-10-35(40)36-11-2-5-14-41(36)47/h1-4,6-13,15-26H,5,14H2.